The van der Waals surface area contributed by atoms with E-state index in [1.54, 1.807) is 0 Å². The van der Waals surface area contributed by atoms with Crippen LogP contribution in [0.25, 0.3) is 0 Å². The van der Waals surface area contributed by atoms with Crippen molar-refractivity contribution in [2.24, 2.45) is 5.73 Å². The number of hydrogen-bond donors (Lipinski definition) is 2. The molecule has 5 heteroatoms. The lowest BCUT2D eigenvalue weighted by Gasteiger charge is -2.03. The second-order valence-electron chi connectivity index (χ2n) is 2.99. The molecule has 0 radical (unpaired) electrons. The normalized spacial score (nSPS) is 19.1. The van der Waals surface area contributed by atoms with Crippen molar-refractivity contribution in [3.05, 3.63) is 17.8 Å². The van der Waals surface area contributed by atoms with Crippen molar-refractivity contribution in [2.45, 2.75) is 18.4 Å². The summed E-state index contributed by atoms with van der Waals surface area (Å²) < 4.78 is 4.94. The molecule has 5 nitrogen and oxygen atoms in total. The van der Waals surface area contributed by atoms with Gasteiger partial charge in [-0.2, -0.15) is 0 Å². The molecular formula is C7H8N2O3. The third kappa shape index (κ3) is 0.902. The van der Waals surface area contributed by atoms with Crippen molar-refractivity contribution in [1.82, 2.24) is 4.98 Å². The van der Waals surface area contributed by atoms with Crippen LogP contribution < -0.4 is 5.73 Å². The standard InChI is InChI=1S/C7H8N2O3/c8-7(1-2-7)5-4(6(10)11)9-3-12-5/h3H,1-2,8H2,(H,10,11). The predicted octanol–water partition coefficient (Wildman–Crippen LogP) is 0.321. The van der Waals surface area contributed by atoms with Crippen LogP contribution in [0.3, 0.4) is 0 Å². The Morgan fingerprint density at radius 2 is 2.42 bits per heavy atom. The van der Waals surface area contributed by atoms with E-state index in [0.29, 0.717) is 5.76 Å². The number of hydrogen-bond acceptors (Lipinski definition) is 4. The van der Waals surface area contributed by atoms with Gasteiger partial charge in [0.25, 0.3) is 0 Å². The summed E-state index contributed by atoms with van der Waals surface area (Å²) in [5, 5.41) is 8.67. The molecule has 0 aromatic carbocycles. The molecule has 1 aliphatic carbocycles. The van der Waals surface area contributed by atoms with Gasteiger partial charge in [0.2, 0.25) is 0 Å². The molecule has 0 bridgehead atoms. The van der Waals surface area contributed by atoms with Crippen LogP contribution in [0.5, 0.6) is 0 Å². The summed E-state index contributed by atoms with van der Waals surface area (Å²) in [5.41, 5.74) is 5.13. The molecule has 1 aromatic heterocycles. The van der Waals surface area contributed by atoms with Gasteiger partial charge in [-0.25, -0.2) is 9.78 Å². The summed E-state index contributed by atoms with van der Waals surface area (Å²) in [5.74, 6) is -0.787. The van der Waals surface area contributed by atoms with Gasteiger partial charge in [0.1, 0.15) is 0 Å². The van der Waals surface area contributed by atoms with E-state index < -0.39 is 11.5 Å². The number of carboxylic acids is 1. The zero-order valence-corrected chi connectivity index (χ0v) is 6.28. The summed E-state index contributed by atoms with van der Waals surface area (Å²) in [4.78, 5) is 14.2. The van der Waals surface area contributed by atoms with Gasteiger partial charge >= 0.3 is 5.97 Å². The van der Waals surface area contributed by atoms with Gasteiger partial charge in [0, 0.05) is 0 Å². The van der Waals surface area contributed by atoms with Crippen molar-refractivity contribution in [2.75, 3.05) is 0 Å². The average Bonchev–Trinajstić information content (AvgIpc) is 2.61. The van der Waals surface area contributed by atoms with E-state index in [1.165, 1.54) is 0 Å². The number of aromatic carboxylic acids is 1. The van der Waals surface area contributed by atoms with E-state index in [0.717, 1.165) is 19.2 Å². The fourth-order valence-electron chi connectivity index (χ4n) is 1.11. The van der Waals surface area contributed by atoms with Crippen molar-refractivity contribution >= 4 is 5.97 Å². The van der Waals surface area contributed by atoms with Crippen LogP contribution >= 0.6 is 0 Å². The van der Waals surface area contributed by atoms with Crippen LogP contribution in [0.1, 0.15) is 29.1 Å². The molecule has 0 saturated heterocycles. The molecule has 1 aromatic rings. The molecule has 1 fully saturated rings. The smallest absolute Gasteiger partial charge is 0.358 e. The Balaban J connectivity index is 2.43. The topological polar surface area (TPSA) is 89.4 Å². The maximum atomic E-state index is 10.6. The molecule has 1 saturated carbocycles. The Morgan fingerprint density at radius 3 is 2.92 bits per heavy atom. The lowest BCUT2D eigenvalue weighted by atomic mass is 10.2. The van der Waals surface area contributed by atoms with Crippen molar-refractivity contribution < 1.29 is 14.3 Å². The number of carbonyl (C=O) groups is 1. The van der Waals surface area contributed by atoms with Gasteiger partial charge in [0.15, 0.2) is 17.8 Å². The maximum absolute atomic E-state index is 10.6. The molecule has 3 N–H and O–H groups in total. The minimum absolute atomic E-state index is 0.0602. The minimum atomic E-state index is -1.09. The summed E-state index contributed by atoms with van der Waals surface area (Å²) in [6, 6.07) is 0. The first-order valence-electron chi connectivity index (χ1n) is 3.60. The zero-order chi connectivity index (χ0) is 8.77. The monoisotopic (exact) mass is 168 g/mol. The third-order valence-corrected chi connectivity index (χ3v) is 2.01. The van der Waals surface area contributed by atoms with Crippen LogP contribution in [0, 0.1) is 0 Å². The van der Waals surface area contributed by atoms with E-state index in [-0.39, 0.29) is 5.69 Å². The molecule has 0 atom stereocenters. The molecule has 0 spiro atoms. The van der Waals surface area contributed by atoms with Crippen LogP contribution in [0.15, 0.2) is 10.8 Å². The summed E-state index contributed by atoms with van der Waals surface area (Å²) in [7, 11) is 0. The van der Waals surface area contributed by atoms with Gasteiger partial charge in [-0.1, -0.05) is 0 Å². The lowest BCUT2D eigenvalue weighted by molar-refractivity contribution is 0.0687. The van der Waals surface area contributed by atoms with Crippen LogP contribution in [-0.4, -0.2) is 16.1 Å². The second kappa shape index (κ2) is 2.07. The van der Waals surface area contributed by atoms with Gasteiger partial charge in [-0.05, 0) is 12.8 Å². The van der Waals surface area contributed by atoms with E-state index in [2.05, 4.69) is 4.98 Å². The van der Waals surface area contributed by atoms with E-state index >= 15 is 0 Å². The molecule has 2 rings (SSSR count). The average molecular weight is 168 g/mol. The van der Waals surface area contributed by atoms with E-state index in [9.17, 15) is 4.79 Å². The summed E-state index contributed by atoms with van der Waals surface area (Å²) >= 11 is 0. The minimum Gasteiger partial charge on any atom is -0.476 e. The Labute approximate surface area is 68.2 Å². The number of nitrogens with two attached hydrogens (primary N) is 1. The first-order valence-corrected chi connectivity index (χ1v) is 3.60. The lowest BCUT2D eigenvalue weighted by Crippen LogP contribution is -2.21. The van der Waals surface area contributed by atoms with Crippen molar-refractivity contribution in [3.63, 3.8) is 0 Å². The van der Waals surface area contributed by atoms with E-state index in [4.69, 9.17) is 15.3 Å². The fraction of sp³-hybridized carbons (Fsp3) is 0.429. The third-order valence-electron chi connectivity index (χ3n) is 2.01. The highest BCUT2D eigenvalue weighted by Crippen LogP contribution is 2.43. The highest BCUT2D eigenvalue weighted by Gasteiger charge is 2.46. The maximum Gasteiger partial charge on any atom is 0.358 e. The molecule has 64 valence electrons. The SMILES string of the molecule is NC1(c2ocnc2C(=O)O)CC1. The zero-order valence-electron chi connectivity index (χ0n) is 6.28. The van der Waals surface area contributed by atoms with Crippen LogP contribution in [-0.2, 0) is 5.54 Å². The number of aromatic nitrogens is 1. The van der Waals surface area contributed by atoms with Gasteiger partial charge in [-0.3, -0.25) is 0 Å². The summed E-state index contributed by atoms with van der Waals surface area (Å²) in [6.45, 7) is 0. The molecule has 12 heavy (non-hydrogen) atoms. The van der Waals surface area contributed by atoms with Crippen LogP contribution in [0.4, 0.5) is 0 Å². The number of oxazole rings is 1. The Kier molecular flexibility index (Phi) is 1.26. The quantitative estimate of drug-likeness (QED) is 0.663. The van der Waals surface area contributed by atoms with Crippen LogP contribution in [0.2, 0.25) is 0 Å². The Hall–Kier alpha value is -1.36. The van der Waals surface area contributed by atoms with Crippen molar-refractivity contribution in [1.29, 1.82) is 0 Å². The van der Waals surface area contributed by atoms with Gasteiger partial charge in [0.05, 0.1) is 5.54 Å². The van der Waals surface area contributed by atoms with Crippen molar-refractivity contribution in [3.8, 4) is 0 Å². The Bertz CT molecular complexity index is 327. The number of rotatable bonds is 2. The first-order chi connectivity index (χ1) is 5.63. The second-order valence-corrected chi connectivity index (χ2v) is 2.99. The molecular weight excluding hydrogens is 160 g/mol. The summed E-state index contributed by atoms with van der Waals surface area (Å²) in [6.07, 6.45) is 2.65. The first kappa shape index (κ1) is 7.30. The molecule has 0 amide bonds. The number of nitrogens with zero attached hydrogens (tertiary/aromatic N) is 1. The van der Waals surface area contributed by atoms with E-state index in [1.807, 2.05) is 0 Å². The predicted molar refractivity (Wildman–Crippen MR) is 38.6 cm³/mol. The molecule has 1 aliphatic rings. The number of carboxylic acid groups (broad SMARTS) is 1. The Morgan fingerprint density at radius 1 is 1.75 bits per heavy atom. The molecule has 1 heterocycles. The highest BCUT2D eigenvalue weighted by atomic mass is 16.4. The largest absolute Gasteiger partial charge is 0.476 e. The van der Waals surface area contributed by atoms with Gasteiger partial charge in [-0.15, -0.1) is 0 Å². The fourth-order valence-corrected chi connectivity index (χ4v) is 1.11. The molecule has 0 aliphatic heterocycles. The highest BCUT2D eigenvalue weighted by molar-refractivity contribution is 5.86. The van der Waals surface area contributed by atoms with Gasteiger partial charge < -0.3 is 15.3 Å². The molecule has 0 unspecified atom stereocenters.